The number of rotatable bonds is 4. The SMILES string of the molecule is OC[C@H]1CC[C@@H](O)CN1C[C@H]1CCN(c2nc3ccccc3s2)C1. The largest absolute Gasteiger partial charge is 0.395 e. The first-order chi connectivity index (χ1) is 11.7. The molecule has 6 heteroatoms. The van der Waals surface area contributed by atoms with Gasteiger partial charge in [-0.3, -0.25) is 4.90 Å². The van der Waals surface area contributed by atoms with E-state index in [0.29, 0.717) is 12.5 Å². The van der Waals surface area contributed by atoms with Crippen molar-refractivity contribution in [3.05, 3.63) is 24.3 Å². The highest BCUT2D eigenvalue weighted by molar-refractivity contribution is 7.22. The Morgan fingerprint density at radius 1 is 1.17 bits per heavy atom. The lowest BCUT2D eigenvalue weighted by molar-refractivity contribution is 0.00726. The smallest absolute Gasteiger partial charge is 0.186 e. The summed E-state index contributed by atoms with van der Waals surface area (Å²) in [6.45, 7) is 3.92. The van der Waals surface area contributed by atoms with Crippen molar-refractivity contribution in [3.8, 4) is 0 Å². The number of piperidine rings is 1. The van der Waals surface area contributed by atoms with E-state index in [9.17, 15) is 10.2 Å². The van der Waals surface area contributed by atoms with Gasteiger partial charge in [-0.15, -0.1) is 0 Å². The number of anilines is 1. The van der Waals surface area contributed by atoms with Crippen LogP contribution in [0.3, 0.4) is 0 Å². The number of aliphatic hydroxyl groups excluding tert-OH is 2. The van der Waals surface area contributed by atoms with Gasteiger partial charge in [0, 0.05) is 32.2 Å². The topological polar surface area (TPSA) is 59.8 Å². The third-order valence-electron chi connectivity index (χ3n) is 5.34. The van der Waals surface area contributed by atoms with Gasteiger partial charge in [-0.25, -0.2) is 4.98 Å². The molecule has 3 heterocycles. The van der Waals surface area contributed by atoms with Gasteiger partial charge in [0.05, 0.1) is 22.9 Å². The predicted molar refractivity (Wildman–Crippen MR) is 97.6 cm³/mol. The molecule has 0 amide bonds. The van der Waals surface area contributed by atoms with E-state index in [2.05, 4.69) is 28.0 Å². The highest BCUT2D eigenvalue weighted by atomic mass is 32.1. The highest BCUT2D eigenvalue weighted by Gasteiger charge is 2.32. The van der Waals surface area contributed by atoms with Crippen molar-refractivity contribution < 1.29 is 10.2 Å². The molecule has 2 fully saturated rings. The molecule has 1 aromatic heterocycles. The van der Waals surface area contributed by atoms with Gasteiger partial charge in [0.1, 0.15) is 0 Å². The Morgan fingerprint density at radius 3 is 2.88 bits per heavy atom. The summed E-state index contributed by atoms with van der Waals surface area (Å²) in [6.07, 6.45) is 2.62. The van der Waals surface area contributed by atoms with E-state index in [1.807, 2.05) is 6.07 Å². The van der Waals surface area contributed by atoms with Crippen LogP contribution < -0.4 is 4.90 Å². The predicted octanol–water partition coefficient (Wildman–Crippen LogP) is 1.94. The maximum Gasteiger partial charge on any atom is 0.186 e. The third-order valence-corrected chi connectivity index (χ3v) is 6.43. The van der Waals surface area contributed by atoms with Crippen LogP contribution >= 0.6 is 11.3 Å². The first-order valence-corrected chi connectivity index (χ1v) is 9.68. The molecule has 2 aliphatic rings. The molecule has 0 aliphatic carbocycles. The van der Waals surface area contributed by atoms with Crippen molar-refractivity contribution >= 4 is 26.7 Å². The lowest BCUT2D eigenvalue weighted by Crippen LogP contribution is -2.49. The molecule has 0 saturated carbocycles. The molecule has 2 saturated heterocycles. The Morgan fingerprint density at radius 2 is 2.04 bits per heavy atom. The Kier molecular flexibility index (Phi) is 4.72. The molecule has 2 aromatic rings. The number of benzene rings is 1. The number of fused-ring (bicyclic) bond motifs is 1. The number of para-hydroxylation sites is 1. The molecular weight excluding hydrogens is 322 g/mol. The summed E-state index contributed by atoms with van der Waals surface area (Å²) in [4.78, 5) is 9.45. The fraction of sp³-hybridized carbons (Fsp3) is 0.611. The van der Waals surface area contributed by atoms with Crippen LogP contribution in [0.2, 0.25) is 0 Å². The maximum absolute atomic E-state index is 9.94. The molecule has 0 bridgehead atoms. The Hall–Kier alpha value is -1.21. The number of hydrogen-bond donors (Lipinski definition) is 2. The average Bonchev–Trinajstić information content (AvgIpc) is 3.21. The molecule has 0 unspecified atom stereocenters. The normalized spacial score (nSPS) is 28.8. The summed E-state index contributed by atoms with van der Waals surface area (Å²) in [6, 6.07) is 8.52. The third kappa shape index (κ3) is 3.28. The summed E-state index contributed by atoms with van der Waals surface area (Å²) in [5.74, 6) is 0.580. The molecule has 2 N–H and O–H groups in total. The van der Waals surface area contributed by atoms with Crippen LogP contribution in [0, 0.1) is 5.92 Å². The first kappa shape index (κ1) is 16.3. The number of aromatic nitrogens is 1. The number of β-amino-alcohol motifs (C(OH)–C–C–N with tert-alkyl or cyclic N) is 1. The summed E-state index contributed by atoms with van der Waals surface area (Å²) >= 11 is 1.77. The van der Waals surface area contributed by atoms with Crippen molar-refractivity contribution in [2.24, 2.45) is 5.92 Å². The van der Waals surface area contributed by atoms with E-state index < -0.39 is 0 Å². The molecule has 2 aliphatic heterocycles. The summed E-state index contributed by atoms with van der Waals surface area (Å²) in [5, 5.41) is 20.6. The highest BCUT2D eigenvalue weighted by Crippen LogP contribution is 2.32. The number of thiazole rings is 1. The lowest BCUT2D eigenvalue weighted by Gasteiger charge is -2.38. The van der Waals surface area contributed by atoms with Crippen molar-refractivity contribution in [1.82, 2.24) is 9.88 Å². The van der Waals surface area contributed by atoms with E-state index in [0.717, 1.165) is 49.5 Å². The van der Waals surface area contributed by atoms with Crippen molar-refractivity contribution in [1.29, 1.82) is 0 Å². The number of hydrogen-bond acceptors (Lipinski definition) is 6. The fourth-order valence-electron chi connectivity index (χ4n) is 3.99. The molecular formula is C18H25N3O2S. The molecule has 24 heavy (non-hydrogen) atoms. The molecule has 0 radical (unpaired) electrons. The van der Waals surface area contributed by atoms with Crippen LogP contribution in [0.15, 0.2) is 24.3 Å². The number of aliphatic hydroxyl groups is 2. The van der Waals surface area contributed by atoms with E-state index in [1.165, 1.54) is 4.70 Å². The van der Waals surface area contributed by atoms with E-state index in [1.54, 1.807) is 11.3 Å². The van der Waals surface area contributed by atoms with Crippen molar-refractivity contribution in [2.45, 2.75) is 31.4 Å². The zero-order valence-electron chi connectivity index (χ0n) is 13.8. The summed E-state index contributed by atoms with van der Waals surface area (Å²) in [5.41, 5.74) is 1.08. The second kappa shape index (κ2) is 6.96. The quantitative estimate of drug-likeness (QED) is 0.885. The molecule has 1 aromatic carbocycles. The van der Waals surface area contributed by atoms with Crippen LogP contribution in [0.4, 0.5) is 5.13 Å². The number of likely N-dealkylation sites (tertiary alicyclic amines) is 1. The standard InChI is InChI=1S/C18H25N3O2S/c22-12-14-5-6-15(23)11-21(14)10-13-7-8-20(9-13)18-19-16-3-1-2-4-17(16)24-18/h1-4,13-15,22-23H,5-12H2/t13-,14+,15+/m0/s1. The zero-order chi connectivity index (χ0) is 16.5. The molecule has 130 valence electrons. The van der Waals surface area contributed by atoms with E-state index in [-0.39, 0.29) is 18.8 Å². The lowest BCUT2D eigenvalue weighted by atomic mass is 9.98. The fourth-order valence-corrected chi connectivity index (χ4v) is 4.99. The molecule has 3 atom stereocenters. The molecule has 0 spiro atoms. The van der Waals surface area contributed by atoms with E-state index >= 15 is 0 Å². The van der Waals surface area contributed by atoms with Gasteiger partial charge in [0.2, 0.25) is 0 Å². The first-order valence-electron chi connectivity index (χ1n) is 8.86. The molecule has 5 nitrogen and oxygen atoms in total. The second-order valence-electron chi connectivity index (χ2n) is 7.09. The zero-order valence-corrected chi connectivity index (χ0v) is 14.7. The number of nitrogens with zero attached hydrogens (tertiary/aromatic N) is 3. The minimum Gasteiger partial charge on any atom is -0.395 e. The van der Waals surface area contributed by atoms with Crippen molar-refractivity contribution in [3.63, 3.8) is 0 Å². The Bertz CT molecular complexity index is 659. The van der Waals surface area contributed by atoms with Gasteiger partial charge in [0.25, 0.3) is 0 Å². The van der Waals surface area contributed by atoms with Gasteiger partial charge in [-0.1, -0.05) is 23.5 Å². The van der Waals surface area contributed by atoms with Crippen LogP contribution in [0.5, 0.6) is 0 Å². The monoisotopic (exact) mass is 347 g/mol. The van der Waals surface area contributed by atoms with Gasteiger partial charge in [-0.05, 0) is 37.3 Å². The maximum atomic E-state index is 9.94. The van der Waals surface area contributed by atoms with Gasteiger partial charge < -0.3 is 15.1 Å². The van der Waals surface area contributed by atoms with Gasteiger partial charge in [-0.2, -0.15) is 0 Å². The van der Waals surface area contributed by atoms with E-state index in [4.69, 9.17) is 4.98 Å². The Balaban J connectivity index is 1.40. The summed E-state index contributed by atoms with van der Waals surface area (Å²) < 4.78 is 1.25. The van der Waals surface area contributed by atoms with Crippen molar-refractivity contribution in [2.75, 3.05) is 37.7 Å². The second-order valence-corrected chi connectivity index (χ2v) is 8.10. The van der Waals surface area contributed by atoms with Crippen LogP contribution in [0.25, 0.3) is 10.2 Å². The van der Waals surface area contributed by atoms with Crippen LogP contribution in [-0.4, -0.2) is 65.0 Å². The summed E-state index contributed by atoms with van der Waals surface area (Å²) in [7, 11) is 0. The van der Waals surface area contributed by atoms with Crippen LogP contribution in [-0.2, 0) is 0 Å². The van der Waals surface area contributed by atoms with Crippen LogP contribution in [0.1, 0.15) is 19.3 Å². The minimum absolute atomic E-state index is 0.195. The van der Waals surface area contributed by atoms with Gasteiger partial charge in [0.15, 0.2) is 5.13 Å². The Labute approximate surface area is 146 Å². The molecule has 4 rings (SSSR count). The minimum atomic E-state index is -0.241. The average molecular weight is 347 g/mol. The van der Waals surface area contributed by atoms with Gasteiger partial charge >= 0.3 is 0 Å².